The van der Waals surface area contributed by atoms with E-state index in [1.54, 1.807) is 18.3 Å². The maximum absolute atomic E-state index is 8.66. The molecule has 0 amide bonds. The number of pyridine rings is 1. The molecule has 1 atom stereocenters. The molecule has 1 unspecified atom stereocenters. The van der Waals surface area contributed by atoms with Crippen LogP contribution in [0.4, 0.5) is 0 Å². The van der Waals surface area contributed by atoms with Crippen molar-refractivity contribution in [2.24, 2.45) is 5.92 Å². The summed E-state index contributed by atoms with van der Waals surface area (Å²) < 4.78 is 5.60. The summed E-state index contributed by atoms with van der Waals surface area (Å²) >= 11 is 0. The number of nitrogens with zero attached hydrogens (tertiary/aromatic N) is 2. The van der Waals surface area contributed by atoms with Crippen LogP contribution < -0.4 is 10.1 Å². The Morgan fingerprint density at radius 3 is 3.33 bits per heavy atom. The number of nitriles is 1. The molecule has 1 aromatic rings. The SMILES string of the molecule is N#Cc1cc(OCC2CCNC2)ccn1. The van der Waals surface area contributed by atoms with Crippen molar-refractivity contribution < 1.29 is 4.74 Å². The van der Waals surface area contributed by atoms with Gasteiger partial charge in [-0.1, -0.05) is 0 Å². The van der Waals surface area contributed by atoms with Gasteiger partial charge < -0.3 is 10.1 Å². The lowest BCUT2D eigenvalue weighted by Crippen LogP contribution is -2.15. The maximum atomic E-state index is 8.66. The molecule has 4 heteroatoms. The second-order valence-electron chi connectivity index (χ2n) is 3.66. The van der Waals surface area contributed by atoms with Crippen LogP contribution in [-0.2, 0) is 0 Å². The average Bonchev–Trinajstić information content (AvgIpc) is 2.79. The monoisotopic (exact) mass is 203 g/mol. The first-order chi connectivity index (χ1) is 7.38. The Kier molecular flexibility index (Phi) is 3.15. The third-order valence-electron chi connectivity index (χ3n) is 2.49. The molecule has 0 radical (unpaired) electrons. The van der Waals surface area contributed by atoms with Crippen LogP contribution >= 0.6 is 0 Å². The molecular weight excluding hydrogens is 190 g/mol. The van der Waals surface area contributed by atoms with E-state index >= 15 is 0 Å². The summed E-state index contributed by atoms with van der Waals surface area (Å²) in [5, 5.41) is 12.0. The van der Waals surface area contributed by atoms with Gasteiger partial charge in [0.15, 0.2) is 0 Å². The van der Waals surface area contributed by atoms with Crippen molar-refractivity contribution in [1.29, 1.82) is 5.26 Å². The summed E-state index contributed by atoms with van der Waals surface area (Å²) in [5.41, 5.74) is 0.400. The minimum absolute atomic E-state index is 0.400. The Morgan fingerprint density at radius 2 is 2.60 bits per heavy atom. The molecule has 1 fully saturated rings. The minimum atomic E-state index is 0.400. The fourth-order valence-electron chi connectivity index (χ4n) is 1.63. The summed E-state index contributed by atoms with van der Waals surface area (Å²) in [4.78, 5) is 3.88. The molecule has 2 rings (SSSR count). The number of nitrogens with one attached hydrogen (secondary N) is 1. The second kappa shape index (κ2) is 4.76. The van der Waals surface area contributed by atoms with Crippen molar-refractivity contribution in [2.45, 2.75) is 6.42 Å². The lowest BCUT2D eigenvalue weighted by Gasteiger charge is -2.10. The van der Waals surface area contributed by atoms with Crippen LogP contribution in [0.1, 0.15) is 12.1 Å². The first-order valence-electron chi connectivity index (χ1n) is 5.08. The lowest BCUT2D eigenvalue weighted by atomic mass is 10.1. The topological polar surface area (TPSA) is 57.9 Å². The molecule has 0 spiro atoms. The molecule has 1 aliphatic heterocycles. The van der Waals surface area contributed by atoms with Crippen LogP contribution in [0.15, 0.2) is 18.3 Å². The number of ether oxygens (including phenoxy) is 1. The zero-order valence-electron chi connectivity index (χ0n) is 8.44. The lowest BCUT2D eigenvalue weighted by molar-refractivity contribution is 0.260. The first-order valence-corrected chi connectivity index (χ1v) is 5.08. The molecule has 0 bridgehead atoms. The van der Waals surface area contributed by atoms with Crippen molar-refractivity contribution in [1.82, 2.24) is 10.3 Å². The van der Waals surface area contributed by atoms with Gasteiger partial charge in [-0.05, 0) is 19.0 Å². The summed E-state index contributed by atoms with van der Waals surface area (Å²) in [5.74, 6) is 1.32. The van der Waals surface area contributed by atoms with Gasteiger partial charge >= 0.3 is 0 Å². The zero-order chi connectivity index (χ0) is 10.5. The Bertz CT molecular complexity index is 366. The molecule has 1 N–H and O–H groups in total. The van der Waals surface area contributed by atoms with E-state index in [9.17, 15) is 0 Å². The van der Waals surface area contributed by atoms with E-state index in [1.165, 1.54) is 0 Å². The van der Waals surface area contributed by atoms with E-state index in [0.29, 0.717) is 18.2 Å². The predicted molar refractivity (Wildman–Crippen MR) is 55.4 cm³/mol. The summed E-state index contributed by atoms with van der Waals surface area (Å²) in [6.07, 6.45) is 2.76. The van der Waals surface area contributed by atoms with E-state index in [4.69, 9.17) is 10.00 Å². The van der Waals surface area contributed by atoms with Gasteiger partial charge in [0.25, 0.3) is 0 Å². The highest BCUT2D eigenvalue weighted by atomic mass is 16.5. The van der Waals surface area contributed by atoms with Crippen LogP contribution in [0.3, 0.4) is 0 Å². The van der Waals surface area contributed by atoms with Gasteiger partial charge in [0, 0.05) is 24.7 Å². The molecule has 0 aromatic carbocycles. The van der Waals surface area contributed by atoms with Gasteiger partial charge in [0.05, 0.1) is 6.61 Å². The Balaban J connectivity index is 1.90. The third kappa shape index (κ3) is 2.67. The standard InChI is InChI=1S/C11H13N3O/c12-6-10-5-11(2-4-14-10)15-8-9-1-3-13-7-9/h2,4-5,9,13H,1,3,7-8H2. The van der Waals surface area contributed by atoms with Crippen molar-refractivity contribution in [3.8, 4) is 11.8 Å². The van der Waals surface area contributed by atoms with Gasteiger partial charge in [0.2, 0.25) is 0 Å². The minimum Gasteiger partial charge on any atom is -0.493 e. The van der Waals surface area contributed by atoms with Crippen molar-refractivity contribution in [3.63, 3.8) is 0 Å². The summed E-state index contributed by atoms with van der Waals surface area (Å²) in [7, 11) is 0. The predicted octanol–water partition coefficient (Wildman–Crippen LogP) is 0.942. The Labute approximate surface area is 88.9 Å². The first kappa shape index (κ1) is 9.94. The average molecular weight is 203 g/mol. The fourth-order valence-corrected chi connectivity index (χ4v) is 1.63. The van der Waals surface area contributed by atoms with E-state index in [0.717, 1.165) is 25.3 Å². The highest BCUT2D eigenvalue weighted by Crippen LogP contribution is 2.14. The van der Waals surface area contributed by atoms with Gasteiger partial charge in [-0.15, -0.1) is 0 Å². The Morgan fingerprint density at radius 1 is 1.67 bits per heavy atom. The van der Waals surface area contributed by atoms with Crippen LogP contribution in [0, 0.1) is 17.2 Å². The van der Waals surface area contributed by atoms with E-state index in [-0.39, 0.29) is 0 Å². The van der Waals surface area contributed by atoms with Gasteiger partial charge in [-0.3, -0.25) is 0 Å². The molecule has 0 saturated carbocycles. The highest BCUT2D eigenvalue weighted by Gasteiger charge is 2.14. The van der Waals surface area contributed by atoms with Crippen LogP contribution in [0.25, 0.3) is 0 Å². The Hall–Kier alpha value is -1.60. The quantitative estimate of drug-likeness (QED) is 0.794. The van der Waals surface area contributed by atoms with Crippen LogP contribution in [0.5, 0.6) is 5.75 Å². The molecule has 78 valence electrons. The maximum Gasteiger partial charge on any atom is 0.144 e. The fraction of sp³-hybridized carbons (Fsp3) is 0.455. The van der Waals surface area contributed by atoms with E-state index in [2.05, 4.69) is 10.3 Å². The zero-order valence-corrected chi connectivity index (χ0v) is 8.44. The van der Waals surface area contributed by atoms with Gasteiger partial charge in [-0.25, -0.2) is 4.98 Å². The molecule has 2 heterocycles. The molecule has 1 aromatic heterocycles. The molecule has 0 aliphatic carbocycles. The second-order valence-corrected chi connectivity index (χ2v) is 3.66. The van der Waals surface area contributed by atoms with Gasteiger partial charge in [0.1, 0.15) is 17.5 Å². The molecule has 15 heavy (non-hydrogen) atoms. The van der Waals surface area contributed by atoms with Crippen molar-refractivity contribution in [3.05, 3.63) is 24.0 Å². The third-order valence-corrected chi connectivity index (χ3v) is 2.49. The number of hydrogen-bond acceptors (Lipinski definition) is 4. The van der Waals surface area contributed by atoms with Crippen LogP contribution in [0.2, 0.25) is 0 Å². The molecular formula is C11H13N3O. The molecule has 4 nitrogen and oxygen atoms in total. The van der Waals surface area contributed by atoms with Crippen molar-refractivity contribution in [2.75, 3.05) is 19.7 Å². The van der Waals surface area contributed by atoms with E-state index in [1.807, 2.05) is 6.07 Å². The summed E-state index contributed by atoms with van der Waals surface area (Å²) in [6.45, 7) is 2.81. The largest absolute Gasteiger partial charge is 0.493 e. The number of hydrogen-bond donors (Lipinski definition) is 1. The number of aromatic nitrogens is 1. The van der Waals surface area contributed by atoms with Crippen LogP contribution in [-0.4, -0.2) is 24.7 Å². The van der Waals surface area contributed by atoms with E-state index < -0.39 is 0 Å². The highest BCUT2D eigenvalue weighted by molar-refractivity contribution is 5.29. The molecule has 1 aliphatic rings. The molecule has 1 saturated heterocycles. The summed E-state index contributed by atoms with van der Waals surface area (Å²) in [6, 6.07) is 5.44. The van der Waals surface area contributed by atoms with Gasteiger partial charge in [-0.2, -0.15) is 5.26 Å². The van der Waals surface area contributed by atoms with Crippen molar-refractivity contribution >= 4 is 0 Å². The smallest absolute Gasteiger partial charge is 0.144 e. The normalized spacial score (nSPS) is 19.8. The number of rotatable bonds is 3.